The summed E-state index contributed by atoms with van der Waals surface area (Å²) in [5.41, 5.74) is 3.12. The molecule has 0 aliphatic carbocycles. The summed E-state index contributed by atoms with van der Waals surface area (Å²) in [6, 6.07) is 12.4. The Labute approximate surface area is 190 Å². The molecule has 1 atom stereocenters. The average Bonchev–Trinajstić information content (AvgIpc) is 3.10. The molecule has 9 heteroatoms. The Kier molecular flexibility index (Phi) is 7.35. The molecule has 3 aromatic rings. The van der Waals surface area contributed by atoms with Crippen molar-refractivity contribution in [2.24, 2.45) is 7.05 Å². The fourth-order valence-corrected chi connectivity index (χ4v) is 3.91. The topological polar surface area (TPSA) is 88.9 Å². The molecular weight excluding hydrogens is 434 g/mol. The normalized spacial score (nSPS) is 11.8. The van der Waals surface area contributed by atoms with Crippen LogP contribution in [0.25, 0.3) is 0 Å². The molecule has 0 radical (unpaired) electrons. The smallest absolute Gasteiger partial charge is 0.251 e. The predicted molar refractivity (Wildman–Crippen MR) is 124 cm³/mol. The van der Waals surface area contributed by atoms with Crippen LogP contribution in [0.4, 0.5) is 5.69 Å². The van der Waals surface area contributed by atoms with Crippen molar-refractivity contribution in [1.29, 1.82) is 0 Å². The maximum atomic E-state index is 12.5. The molecule has 31 heavy (non-hydrogen) atoms. The van der Waals surface area contributed by atoms with E-state index < -0.39 is 0 Å². The first kappa shape index (κ1) is 22.8. The number of thioether (sulfide) groups is 1. The van der Waals surface area contributed by atoms with Crippen molar-refractivity contribution >= 4 is 40.9 Å². The summed E-state index contributed by atoms with van der Waals surface area (Å²) >= 11 is 7.37. The van der Waals surface area contributed by atoms with Crippen LogP contribution in [-0.2, 0) is 11.8 Å². The van der Waals surface area contributed by atoms with Gasteiger partial charge in [-0.15, -0.1) is 10.2 Å². The molecule has 1 aromatic heterocycles. The average molecular weight is 458 g/mol. The number of hydrogen-bond acceptors (Lipinski definition) is 5. The van der Waals surface area contributed by atoms with E-state index in [1.807, 2.05) is 52.1 Å². The van der Waals surface area contributed by atoms with Gasteiger partial charge in [0.1, 0.15) is 0 Å². The van der Waals surface area contributed by atoms with Gasteiger partial charge in [-0.1, -0.05) is 47.1 Å². The van der Waals surface area contributed by atoms with Gasteiger partial charge in [0.2, 0.25) is 5.91 Å². The van der Waals surface area contributed by atoms with E-state index in [9.17, 15) is 9.59 Å². The van der Waals surface area contributed by atoms with Gasteiger partial charge >= 0.3 is 0 Å². The standard InChI is InChI=1S/C22H24ClN5O2S/c1-13-7-5-8-16(11-13)21(30)24-15(3)20-26-27-22(28(20)4)31-12-19(29)25-18-10-6-9-17(23)14(18)2/h5-11,15H,12H2,1-4H3,(H,24,30)(H,25,29)/t15-/m1/s1. The molecule has 0 unspecified atom stereocenters. The molecule has 2 amide bonds. The molecule has 0 aliphatic rings. The van der Waals surface area contributed by atoms with Crippen molar-refractivity contribution in [3.63, 3.8) is 0 Å². The van der Waals surface area contributed by atoms with Crippen LogP contribution in [0.15, 0.2) is 47.6 Å². The predicted octanol–water partition coefficient (Wildman–Crippen LogP) is 4.31. The van der Waals surface area contributed by atoms with Gasteiger partial charge in [0, 0.05) is 23.3 Å². The molecular formula is C22H24ClN5O2S. The number of aromatic nitrogens is 3. The number of hydrogen-bond donors (Lipinski definition) is 2. The summed E-state index contributed by atoms with van der Waals surface area (Å²) < 4.78 is 1.78. The first-order valence-electron chi connectivity index (χ1n) is 9.71. The number of aryl methyl sites for hydroxylation is 1. The second kappa shape index (κ2) is 9.98. The van der Waals surface area contributed by atoms with Gasteiger partial charge in [0.15, 0.2) is 11.0 Å². The van der Waals surface area contributed by atoms with E-state index in [4.69, 9.17) is 11.6 Å². The Morgan fingerprint density at radius 1 is 1.16 bits per heavy atom. The Balaban J connectivity index is 1.59. The zero-order valence-electron chi connectivity index (χ0n) is 17.8. The van der Waals surface area contributed by atoms with Gasteiger partial charge in [0.05, 0.1) is 11.8 Å². The van der Waals surface area contributed by atoms with Crippen LogP contribution in [0, 0.1) is 13.8 Å². The van der Waals surface area contributed by atoms with Gasteiger partial charge < -0.3 is 15.2 Å². The van der Waals surface area contributed by atoms with Gasteiger partial charge in [-0.05, 0) is 50.6 Å². The van der Waals surface area contributed by atoms with E-state index in [2.05, 4.69) is 20.8 Å². The van der Waals surface area contributed by atoms with E-state index in [1.165, 1.54) is 11.8 Å². The van der Waals surface area contributed by atoms with Crippen LogP contribution in [0.2, 0.25) is 5.02 Å². The lowest BCUT2D eigenvalue weighted by molar-refractivity contribution is -0.113. The minimum absolute atomic E-state index is 0.166. The lowest BCUT2D eigenvalue weighted by atomic mass is 10.1. The molecule has 2 N–H and O–H groups in total. The van der Waals surface area contributed by atoms with Crippen LogP contribution in [0.3, 0.4) is 0 Å². The molecule has 7 nitrogen and oxygen atoms in total. The zero-order chi connectivity index (χ0) is 22.5. The highest BCUT2D eigenvalue weighted by atomic mass is 35.5. The second-order valence-corrected chi connectivity index (χ2v) is 8.56. The number of nitrogens with one attached hydrogen (secondary N) is 2. The summed E-state index contributed by atoms with van der Waals surface area (Å²) in [4.78, 5) is 24.8. The molecule has 0 saturated carbocycles. The minimum atomic E-state index is -0.345. The number of benzene rings is 2. The van der Waals surface area contributed by atoms with Crippen LogP contribution >= 0.6 is 23.4 Å². The highest BCUT2D eigenvalue weighted by Gasteiger charge is 2.19. The van der Waals surface area contributed by atoms with Crippen LogP contribution in [0.5, 0.6) is 0 Å². The Morgan fingerprint density at radius 2 is 1.90 bits per heavy atom. The fourth-order valence-electron chi connectivity index (χ4n) is 3.02. The molecule has 162 valence electrons. The Hall–Kier alpha value is -2.84. The van der Waals surface area contributed by atoms with Crippen LogP contribution < -0.4 is 10.6 Å². The lowest BCUT2D eigenvalue weighted by Crippen LogP contribution is -2.28. The molecule has 1 heterocycles. The molecule has 0 spiro atoms. The van der Waals surface area contributed by atoms with Crippen molar-refractivity contribution in [1.82, 2.24) is 20.1 Å². The maximum Gasteiger partial charge on any atom is 0.251 e. The molecule has 0 aliphatic heterocycles. The summed E-state index contributed by atoms with van der Waals surface area (Å²) in [5, 5.41) is 15.4. The molecule has 0 saturated heterocycles. The van der Waals surface area contributed by atoms with Crippen LogP contribution in [-0.4, -0.2) is 32.3 Å². The van der Waals surface area contributed by atoms with Crippen molar-refractivity contribution in [2.75, 3.05) is 11.1 Å². The number of rotatable bonds is 7. The third-order valence-electron chi connectivity index (χ3n) is 4.76. The Morgan fingerprint density at radius 3 is 2.65 bits per heavy atom. The minimum Gasteiger partial charge on any atom is -0.342 e. The number of carbonyl (C=O) groups excluding carboxylic acids is 2. The van der Waals surface area contributed by atoms with Gasteiger partial charge in [0.25, 0.3) is 5.91 Å². The third-order valence-corrected chi connectivity index (χ3v) is 6.19. The summed E-state index contributed by atoms with van der Waals surface area (Å²) in [5.74, 6) is 0.432. The van der Waals surface area contributed by atoms with E-state index in [1.54, 1.807) is 22.8 Å². The number of carbonyl (C=O) groups is 2. The number of nitrogens with zero attached hydrogens (tertiary/aromatic N) is 3. The first-order valence-corrected chi connectivity index (χ1v) is 11.1. The van der Waals surface area contributed by atoms with E-state index in [-0.39, 0.29) is 23.6 Å². The first-order chi connectivity index (χ1) is 14.8. The zero-order valence-corrected chi connectivity index (χ0v) is 19.3. The monoisotopic (exact) mass is 457 g/mol. The van der Waals surface area contributed by atoms with Crippen molar-refractivity contribution in [3.05, 3.63) is 70.0 Å². The lowest BCUT2D eigenvalue weighted by Gasteiger charge is -2.14. The van der Waals surface area contributed by atoms with Gasteiger partial charge in [-0.25, -0.2) is 0 Å². The number of amides is 2. The Bertz CT molecular complexity index is 1120. The third kappa shape index (κ3) is 5.65. The van der Waals surface area contributed by atoms with Gasteiger partial charge in [-0.2, -0.15) is 0 Å². The molecule has 0 fully saturated rings. The van der Waals surface area contributed by atoms with Crippen molar-refractivity contribution in [2.45, 2.75) is 32.0 Å². The SMILES string of the molecule is Cc1cccc(C(=O)N[C@H](C)c2nnc(SCC(=O)Nc3cccc(Cl)c3C)n2C)c1. The van der Waals surface area contributed by atoms with Gasteiger partial charge in [-0.3, -0.25) is 9.59 Å². The fraction of sp³-hybridized carbons (Fsp3) is 0.273. The maximum absolute atomic E-state index is 12.5. The summed E-state index contributed by atoms with van der Waals surface area (Å²) in [7, 11) is 1.81. The summed E-state index contributed by atoms with van der Waals surface area (Å²) in [6.07, 6.45) is 0. The number of anilines is 1. The quantitative estimate of drug-likeness (QED) is 0.516. The summed E-state index contributed by atoms with van der Waals surface area (Å²) in [6.45, 7) is 5.64. The van der Waals surface area contributed by atoms with Crippen molar-refractivity contribution < 1.29 is 9.59 Å². The number of halogens is 1. The van der Waals surface area contributed by atoms with E-state index in [0.29, 0.717) is 27.3 Å². The van der Waals surface area contributed by atoms with Crippen LogP contribution in [0.1, 0.15) is 40.3 Å². The molecule has 2 aromatic carbocycles. The molecule has 3 rings (SSSR count). The van der Waals surface area contributed by atoms with E-state index in [0.717, 1.165) is 11.1 Å². The largest absolute Gasteiger partial charge is 0.342 e. The van der Waals surface area contributed by atoms with Crippen molar-refractivity contribution in [3.8, 4) is 0 Å². The van der Waals surface area contributed by atoms with E-state index >= 15 is 0 Å². The molecule has 0 bridgehead atoms. The highest BCUT2D eigenvalue weighted by Crippen LogP contribution is 2.24. The highest BCUT2D eigenvalue weighted by molar-refractivity contribution is 7.99. The second-order valence-electron chi connectivity index (χ2n) is 7.21.